The van der Waals surface area contributed by atoms with E-state index in [9.17, 15) is 13.2 Å². The maximum absolute atomic E-state index is 12.2. The summed E-state index contributed by atoms with van der Waals surface area (Å²) in [5, 5.41) is 2.59. The number of rotatable bonds is 4. The van der Waals surface area contributed by atoms with E-state index < -0.39 is 16.1 Å². The molecule has 1 fully saturated rings. The molecule has 0 saturated carbocycles. The Morgan fingerprint density at radius 3 is 2.79 bits per heavy atom. The summed E-state index contributed by atoms with van der Waals surface area (Å²) >= 11 is 0. The van der Waals surface area contributed by atoms with Crippen LogP contribution in [0.15, 0.2) is 29.2 Å². The van der Waals surface area contributed by atoms with E-state index in [1.807, 2.05) is 0 Å². The Morgan fingerprint density at radius 2 is 2.21 bits per heavy atom. The van der Waals surface area contributed by atoms with E-state index in [1.54, 1.807) is 25.1 Å². The molecule has 7 heteroatoms. The first-order valence-electron chi connectivity index (χ1n) is 6.03. The Hall–Kier alpha value is -1.44. The van der Waals surface area contributed by atoms with E-state index >= 15 is 0 Å². The molecule has 1 heterocycles. The molecular weight excluding hydrogens is 266 g/mol. The van der Waals surface area contributed by atoms with Gasteiger partial charge in [-0.1, -0.05) is 12.1 Å². The van der Waals surface area contributed by atoms with Crippen molar-refractivity contribution in [2.24, 2.45) is 5.73 Å². The number of amides is 1. The second-order valence-electron chi connectivity index (χ2n) is 4.69. The molecule has 1 aliphatic heterocycles. The Morgan fingerprint density at radius 1 is 1.47 bits per heavy atom. The third-order valence-corrected chi connectivity index (χ3v) is 4.51. The molecule has 6 nitrogen and oxygen atoms in total. The van der Waals surface area contributed by atoms with Crippen molar-refractivity contribution in [3.8, 4) is 0 Å². The van der Waals surface area contributed by atoms with Crippen molar-refractivity contribution in [3.05, 3.63) is 29.8 Å². The largest absolute Gasteiger partial charge is 0.354 e. The van der Waals surface area contributed by atoms with Crippen LogP contribution in [0.3, 0.4) is 0 Å². The van der Waals surface area contributed by atoms with Gasteiger partial charge >= 0.3 is 0 Å². The molecule has 0 spiro atoms. The van der Waals surface area contributed by atoms with Gasteiger partial charge in [-0.05, 0) is 24.6 Å². The van der Waals surface area contributed by atoms with Crippen LogP contribution in [0.4, 0.5) is 0 Å². The molecule has 1 amide bonds. The summed E-state index contributed by atoms with van der Waals surface area (Å²) in [6.45, 7) is 2.11. The molecule has 2 rings (SSSR count). The van der Waals surface area contributed by atoms with Crippen LogP contribution < -0.4 is 15.8 Å². The van der Waals surface area contributed by atoms with Gasteiger partial charge < -0.3 is 11.1 Å². The second kappa shape index (κ2) is 5.28. The number of carbonyl (C=O) groups excluding carboxylic acids is 1. The lowest BCUT2D eigenvalue weighted by molar-refractivity contribution is -0.119. The first-order chi connectivity index (χ1) is 8.88. The topological polar surface area (TPSA) is 101 Å². The standard InChI is InChI=1S/C12H17N3O3S/c1-8(13)9-3-2-4-11(5-9)19(17,18)15-10-6-12(16)14-7-10/h2-5,8,10,15H,6-7,13H2,1H3,(H,14,16). The molecule has 19 heavy (non-hydrogen) atoms. The van der Waals surface area contributed by atoms with E-state index in [1.165, 1.54) is 6.07 Å². The molecule has 2 atom stereocenters. The fourth-order valence-electron chi connectivity index (χ4n) is 1.94. The van der Waals surface area contributed by atoms with Crippen LogP contribution in [-0.2, 0) is 14.8 Å². The van der Waals surface area contributed by atoms with E-state index in [4.69, 9.17) is 5.73 Å². The third-order valence-electron chi connectivity index (χ3n) is 2.99. The highest BCUT2D eigenvalue weighted by molar-refractivity contribution is 7.89. The molecule has 0 aromatic heterocycles. The van der Waals surface area contributed by atoms with Gasteiger partial charge in [0, 0.05) is 25.0 Å². The van der Waals surface area contributed by atoms with E-state index in [0.29, 0.717) is 6.54 Å². The molecule has 1 aromatic rings. The summed E-state index contributed by atoms with van der Waals surface area (Å²) in [6.07, 6.45) is 0.173. The number of sulfonamides is 1. The minimum atomic E-state index is -3.62. The maximum atomic E-state index is 12.2. The number of carbonyl (C=O) groups is 1. The molecule has 0 radical (unpaired) electrons. The van der Waals surface area contributed by atoms with Crippen LogP contribution in [0, 0.1) is 0 Å². The summed E-state index contributed by atoms with van der Waals surface area (Å²) < 4.78 is 26.9. The zero-order chi connectivity index (χ0) is 14.0. The van der Waals surface area contributed by atoms with Crippen molar-refractivity contribution in [3.63, 3.8) is 0 Å². The highest BCUT2D eigenvalue weighted by Crippen LogP contribution is 2.16. The van der Waals surface area contributed by atoms with Gasteiger partial charge in [0.15, 0.2) is 0 Å². The number of nitrogens with one attached hydrogen (secondary N) is 2. The zero-order valence-corrected chi connectivity index (χ0v) is 11.4. The molecule has 104 valence electrons. The summed E-state index contributed by atoms with van der Waals surface area (Å²) in [5.74, 6) is -0.142. The van der Waals surface area contributed by atoms with Crippen LogP contribution in [0.2, 0.25) is 0 Å². The summed E-state index contributed by atoms with van der Waals surface area (Å²) in [4.78, 5) is 11.2. The number of hydrogen-bond acceptors (Lipinski definition) is 4. The fraction of sp³-hybridized carbons (Fsp3) is 0.417. The summed E-state index contributed by atoms with van der Waals surface area (Å²) in [6, 6.07) is 5.88. The Balaban J connectivity index is 2.19. The number of nitrogens with two attached hydrogens (primary N) is 1. The van der Waals surface area contributed by atoms with Gasteiger partial charge in [0.05, 0.1) is 4.90 Å². The molecule has 1 aliphatic rings. The quantitative estimate of drug-likeness (QED) is 0.716. The van der Waals surface area contributed by atoms with Crippen molar-refractivity contribution in [1.82, 2.24) is 10.0 Å². The van der Waals surface area contributed by atoms with Gasteiger partial charge in [-0.15, -0.1) is 0 Å². The first kappa shape index (κ1) is 14.0. The minimum Gasteiger partial charge on any atom is -0.354 e. The average molecular weight is 283 g/mol. The maximum Gasteiger partial charge on any atom is 0.240 e. The monoisotopic (exact) mass is 283 g/mol. The fourth-order valence-corrected chi connectivity index (χ4v) is 3.23. The highest BCUT2D eigenvalue weighted by Gasteiger charge is 2.26. The Kier molecular flexibility index (Phi) is 3.88. The van der Waals surface area contributed by atoms with Crippen molar-refractivity contribution in [1.29, 1.82) is 0 Å². The van der Waals surface area contributed by atoms with E-state index in [0.717, 1.165) is 5.56 Å². The summed E-state index contributed by atoms with van der Waals surface area (Å²) in [7, 11) is -3.62. The van der Waals surface area contributed by atoms with Crippen molar-refractivity contribution in [2.75, 3.05) is 6.54 Å². The molecule has 1 saturated heterocycles. The van der Waals surface area contributed by atoms with Gasteiger partial charge in [-0.3, -0.25) is 4.79 Å². The van der Waals surface area contributed by atoms with E-state index in [-0.39, 0.29) is 23.3 Å². The Bertz CT molecular complexity index is 584. The molecule has 1 aromatic carbocycles. The normalized spacial score (nSPS) is 21.2. The smallest absolute Gasteiger partial charge is 0.240 e. The zero-order valence-electron chi connectivity index (χ0n) is 10.6. The molecule has 2 unspecified atom stereocenters. The summed E-state index contributed by atoms with van der Waals surface area (Å²) in [5.41, 5.74) is 6.49. The van der Waals surface area contributed by atoms with Gasteiger partial charge in [0.1, 0.15) is 0 Å². The first-order valence-corrected chi connectivity index (χ1v) is 7.51. The second-order valence-corrected chi connectivity index (χ2v) is 6.40. The Labute approximate surface area is 112 Å². The molecule has 0 bridgehead atoms. The van der Waals surface area contributed by atoms with Crippen LogP contribution in [0.5, 0.6) is 0 Å². The predicted octanol–water partition coefficient (Wildman–Crippen LogP) is -0.127. The van der Waals surface area contributed by atoms with Crippen molar-refractivity contribution in [2.45, 2.75) is 30.3 Å². The van der Waals surface area contributed by atoms with Crippen LogP contribution >= 0.6 is 0 Å². The predicted molar refractivity (Wildman–Crippen MR) is 70.8 cm³/mol. The van der Waals surface area contributed by atoms with Crippen LogP contribution in [-0.4, -0.2) is 26.9 Å². The SMILES string of the molecule is CC(N)c1cccc(S(=O)(=O)NC2CNC(=O)C2)c1. The van der Waals surface area contributed by atoms with Gasteiger partial charge in [-0.25, -0.2) is 13.1 Å². The van der Waals surface area contributed by atoms with Gasteiger partial charge in [-0.2, -0.15) is 0 Å². The van der Waals surface area contributed by atoms with Crippen molar-refractivity contribution < 1.29 is 13.2 Å². The lowest BCUT2D eigenvalue weighted by atomic mass is 10.1. The average Bonchev–Trinajstić information content (AvgIpc) is 2.74. The lowest BCUT2D eigenvalue weighted by Gasteiger charge is -2.13. The molecule has 4 N–H and O–H groups in total. The van der Waals surface area contributed by atoms with E-state index in [2.05, 4.69) is 10.0 Å². The minimum absolute atomic E-state index is 0.142. The van der Waals surface area contributed by atoms with Crippen LogP contribution in [0.25, 0.3) is 0 Å². The van der Waals surface area contributed by atoms with Gasteiger partial charge in [0.2, 0.25) is 15.9 Å². The van der Waals surface area contributed by atoms with Crippen LogP contribution in [0.1, 0.15) is 24.9 Å². The molecular formula is C12H17N3O3S. The third kappa shape index (κ3) is 3.31. The van der Waals surface area contributed by atoms with Crippen molar-refractivity contribution >= 4 is 15.9 Å². The van der Waals surface area contributed by atoms with Gasteiger partial charge in [0.25, 0.3) is 0 Å². The lowest BCUT2D eigenvalue weighted by Crippen LogP contribution is -2.36. The molecule has 0 aliphatic carbocycles. The highest BCUT2D eigenvalue weighted by atomic mass is 32.2. The number of benzene rings is 1. The number of hydrogen-bond donors (Lipinski definition) is 3.